The fraction of sp³-hybridized carbons (Fsp3) is 0.545. The summed E-state index contributed by atoms with van der Waals surface area (Å²) in [5, 5.41) is 2.45. The summed E-state index contributed by atoms with van der Waals surface area (Å²) in [4.78, 5) is 26.4. The van der Waals surface area contributed by atoms with E-state index < -0.39 is 12.0 Å². The highest BCUT2D eigenvalue weighted by molar-refractivity contribution is 5.92. The largest absolute Gasteiger partial charge is 0.461 e. The molecule has 0 saturated heterocycles. The number of urea groups is 1. The van der Waals surface area contributed by atoms with Crippen molar-refractivity contribution < 1.29 is 14.3 Å². The summed E-state index contributed by atoms with van der Waals surface area (Å²) in [6, 6.07) is -0.609. The second-order valence-corrected chi connectivity index (χ2v) is 3.78. The summed E-state index contributed by atoms with van der Waals surface area (Å²) in [6.07, 6.45) is 0.611. The number of aryl methyl sites for hydroxylation is 1. The average molecular weight is 269 g/mol. The molecule has 106 valence electrons. The average Bonchev–Trinajstić information content (AvgIpc) is 2.67. The van der Waals surface area contributed by atoms with Crippen LogP contribution in [0.1, 0.15) is 30.2 Å². The molecule has 0 radical (unpaired) electrons. The van der Waals surface area contributed by atoms with Crippen LogP contribution in [-0.4, -0.2) is 34.7 Å². The molecule has 0 aliphatic carbocycles. The van der Waals surface area contributed by atoms with Crippen LogP contribution in [0.25, 0.3) is 0 Å². The van der Waals surface area contributed by atoms with Gasteiger partial charge in [0.1, 0.15) is 11.6 Å². The van der Waals surface area contributed by atoms with Gasteiger partial charge in [0, 0.05) is 19.5 Å². The van der Waals surface area contributed by atoms with Crippen molar-refractivity contribution in [1.82, 2.24) is 14.9 Å². The zero-order valence-electron chi connectivity index (χ0n) is 11.1. The van der Waals surface area contributed by atoms with E-state index in [2.05, 4.69) is 10.3 Å². The molecule has 8 nitrogen and oxygen atoms in total. The van der Waals surface area contributed by atoms with E-state index >= 15 is 0 Å². The summed E-state index contributed by atoms with van der Waals surface area (Å²) >= 11 is 0. The van der Waals surface area contributed by atoms with Gasteiger partial charge in [-0.2, -0.15) is 0 Å². The number of esters is 1. The van der Waals surface area contributed by atoms with Crippen LogP contribution in [0.15, 0.2) is 0 Å². The maximum Gasteiger partial charge on any atom is 0.360 e. The lowest BCUT2D eigenvalue weighted by molar-refractivity contribution is 0.0521. The van der Waals surface area contributed by atoms with E-state index in [-0.39, 0.29) is 18.1 Å². The zero-order valence-corrected chi connectivity index (χ0v) is 11.1. The van der Waals surface area contributed by atoms with Gasteiger partial charge in [-0.25, -0.2) is 14.6 Å². The van der Waals surface area contributed by atoms with E-state index in [1.807, 2.05) is 6.92 Å². The highest BCUT2D eigenvalue weighted by Gasteiger charge is 2.20. The maximum absolute atomic E-state index is 11.7. The molecule has 0 fully saturated rings. The van der Waals surface area contributed by atoms with Crippen LogP contribution >= 0.6 is 0 Å². The number of carbonyl (C=O) groups excluding carboxylic acids is 2. The smallest absolute Gasteiger partial charge is 0.360 e. The molecule has 0 atom stereocenters. The van der Waals surface area contributed by atoms with Crippen LogP contribution in [-0.2, 0) is 17.7 Å². The maximum atomic E-state index is 11.7. The molecule has 2 amide bonds. The summed E-state index contributed by atoms with van der Waals surface area (Å²) in [5.74, 6) is 0.352. The van der Waals surface area contributed by atoms with Crippen molar-refractivity contribution in [1.29, 1.82) is 0 Å². The molecule has 1 heterocycles. The third-order valence-electron chi connectivity index (χ3n) is 2.51. The highest BCUT2D eigenvalue weighted by Crippen LogP contribution is 2.16. The molecule has 0 spiro atoms. The lowest BCUT2D eigenvalue weighted by Gasteiger charge is -2.08. The van der Waals surface area contributed by atoms with Gasteiger partial charge in [-0.05, 0) is 6.92 Å². The summed E-state index contributed by atoms with van der Waals surface area (Å²) in [7, 11) is 0. The van der Waals surface area contributed by atoms with Gasteiger partial charge in [-0.1, -0.05) is 6.92 Å². The van der Waals surface area contributed by atoms with Gasteiger partial charge in [0.05, 0.1) is 6.61 Å². The van der Waals surface area contributed by atoms with Crippen molar-refractivity contribution in [3.05, 3.63) is 11.5 Å². The Morgan fingerprint density at radius 1 is 1.42 bits per heavy atom. The van der Waals surface area contributed by atoms with Gasteiger partial charge in [0.25, 0.3) is 0 Å². The van der Waals surface area contributed by atoms with Gasteiger partial charge in [-0.3, -0.25) is 0 Å². The standard InChI is InChI=1S/C11H19N5O3/c1-3-7-15-8(10(17)19-4-2)9(12)16(7)6-5-14-11(13)18/h3-6,12H2,1-2H3,(H3,13,14,18). The molecule has 8 heteroatoms. The summed E-state index contributed by atoms with van der Waals surface area (Å²) in [6.45, 7) is 4.57. The van der Waals surface area contributed by atoms with Gasteiger partial charge in [0.15, 0.2) is 5.69 Å². The second-order valence-electron chi connectivity index (χ2n) is 3.78. The van der Waals surface area contributed by atoms with Crippen LogP contribution in [0.4, 0.5) is 10.6 Å². The minimum absolute atomic E-state index is 0.109. The number of rotatable bonds is 6. The lowest BCUT2D eigenvalue weighted by atomic mass is 10.4. The number of nitrogen functional groups attached to an aromatic ring is 1. The lowest BCUT2D eigenvalue weighted by Crippen LogP contribution is -2.32. The van der Waals surface area contributed by atoms with Crippen molar-refractivity contribution in [2.24, 2.45) is 5.73 Å². The Morgan fingerprint density at radius 2 is 2.11 bits per heavy atom. The van der Waals surface area contributed by atoms with Gasteiger partial charge < -0.3 is 26.1 Å². The number of aromatic nitrogens is 2. The van der Waals surface area contributed by atoms with E-state index in [0.717, 1.165) is 0 Å². The first-order valence-electron chi connectivity index (χ1n) is 6.06. The van der Waals surface area contributed by atoms with Crippen LogP contribution < -0.4 is 16.8 Å². The zero-order chi connectivity index (χ0) is 14.4. The fourth-order valence-corrected chi connectivity index (χ4v) is 1.67. The molecule has 1 aromatic rings. The second kappa shape index (κ2) is 6.62. The Bertz CT molecular complexity index is 469. The number of imidazole rings is 1. The van der Waals surface area contributed by atoms with E-state index in [9.17, 15) is 9.59 Å². The molecule has 0 bridgehead atoms. The quantitative estimate of drug-likeness (QED) is 0.620. The number of carbonyl (C=O) groups is 2. The monoisotopic (exact) mass is 269 g/mol. The Balaban J connectivity index is 2.90. The first-order chi connectivity index (χ1) is 9.01. The number of hydrogen-bond donors (Lipinski definition) is 3. The van der Waals surface area contributed by atoms with Crippen molar-refractivity contribution in [3.63, 3.8) is 0 Å². The fourth-order valence-electron chi connectivity index (χ4n) is 1.67. The molecular formula is C11H19N5O3. The van der Waals surface area contributed by atoms with E-state index in [4.69, 9.17) is 16.2 Å². The molecule has 0 unspecified atom stereocenters. The number of nitrogens with two attached hydrogens (primary N) is 2. The Kier molecular flexibility index (Phi) is 5.16. The van der Waals surface area contributed by atoms with Crippen molar-refractivity contribution >= 4 is 17.8 Å². The van der Waals surface area contributed by atoms with Gasteiger partial charge >= 0.3 is 12.0 Å². The first kappa shape index (κ1) is 14.8. The molecule has 0 aliphatic heterocycles. The Morgan fingerprint density at radius 3 is 2.63 bits per heavy atom. The van der Waals surface area contributed by atoms with Crippen molar-refractivity contribution in [3.8, 4) is 0 Å². The van der Waals surface area contributed by atoms with Crippen molar-refractivity contribution in [2.45, 2.75) is 26.8 Å². The van der Waals surface area contributed by atoms with E-state index in [1.54, 1.807) is 11.5 Å². The number of amides is 2. The number of anilines is 1. The third-order valence-corrected chi connectivity index (χ3v) is 2.51. The molecule has 1 rings (SSSR count). The van der Waals surface area contributed by atoms with Crippen LogP contribution in [0, 0.1) is 0 Å². The predicted molar refractivity (Wildman–Crippen MR) is 69.6 cm³/mol. The number of hydrogen-bond acceptors (Lipinski definition) is 5. The highest BCUT2D eigenvalue weighted by atomic mass is 16.5. The minimum Gasteiger partial charge on any atom is -0.461 e. The first-order valence-corrected chi connectivity index (χ1v) is 6.06. The Labute approximate surface area is 111 Å². The summed E-state index contributed by atoms with van der Waals surface area (Å²) < 4.78 is 6.55. The van der Waals surface area contributed by atoms with E-state index in [1.165, 1.54) is 0 Å². The topological polar surface area (TPSA) is 125 Å². The molecular weight excluding hydrogens is 250 g/mol. The number of primary amides is 1. The van der Waals surface area contributed by atoms with Gasteiger partial charge in [-0.15, -0.1) is 0 Å². The summed E-state index contributed by atoms with van der Waals surface area (Å²) in [5.41, 5.74) is 11.0. The molecule has 1 aromatic heterocycles. The molecule has 5 N–H and O–H groups in total. The molecule has 0 aromatic carbocycles. The molecule has 19 heavy (non-hydrogen) atoms. The van der Waals surface area contributed by atoms with Crippen LogP contribution in [0.5, 0.6) is 0 Å². The normalized spacial score (nSPS) is 10.2. The van der Waals surface area contributed by atoms with Crippen LogP contribution in [0.3, 0.4) is 0 Å². The minimum atomic E-state index is -0.609. The molecule has 0 aliphatic rings. The van der Waals surface area contributed by atoms with Gasteiger partial charge in [0.2, 0.25) is 0 Å². The SMILES string of the molecule is CCOC(=O)c1nc(CC)n(CCNC(N)=O)c1N. The molecule has 0 saturated carbocycles. The number of ether oxygens (including phenoxy) is 1. The Hall–Kier alpha value is -2.25. The predicted octanol–water partition coefficient (Wildman–Crippen LogP) is -0.127. The number of nitrogens with one attached hydrogen (secondary N) is 1. The number of nitrogens with zero attached hydrogens (tertiary/aromatic N) is 2. The third kappa shape index (κ3) is 3.60. The van der Waals surface area contributed by atoms with Crippen molar-refractivity contribution in [2.75, 3.05) is 18.9 Å². The van der Waals surface area contributed by atoms with E-state index in [0.29, 0.717) is 25.3 Å². The van der Waals surface area contributed by atoms with Crippen LogP contribution in [0.2, 0.25) is 0 Å².